The normalized spacial score (nSPS) is 11.5. The Morgan fingerprint density at radius 3 is 2.68 bits per heavy atom. The van der Waals surface area contributed by atoms with E-state index < -0.39 is 17.8 Å². The molecule has 0 aromatic heterocycles. The van der Waals surface area contributed by atoms with Crippen molar-refractivity contribution in [3.05, 3.63) is 58.3 Å². The van der Waals surface area contributed by atoms with Crippen LogP contribution in [-0.2, 0) is 4.79 Å². The molecule has 0 saturated heterocycles. The number of para-hydroxylation sites is 1. The highest BCUT2D eigenvalue weighted by Crippen LogP contribution is 2.29. The van der Waals surface area contributed by atoms with Gasteiger partial charge in [-0.1, -0.05) is 35.3 Å². The van der Waals surface area contributed by atoms with Crippen LogP contribution in [0.1, 0.15) is 13.3 Å². The van der Waals surface area contributed by atoms with E-state index in [1.807, 2.05) is 6.07 Å². The molecule has 4 nitrogen and oxygen atoms in total. The first kappa shape index (κ1) is 19.0. The average molecular weight is 381 g/mol. The molecule has 0 saturated carbocycles. The van der Waals surface area contributed by atoms with Crippen molar-refractivity contribution in [2.24, 2.45) is 0 Å². The number of benzene rings is 2. The summed E-state index contributed by atoms with van der Waals surface area (Å²) < 4.78 is 19.7. The molecule has 0 spiro atoms. The molecule has 25 heavy (non-hydrogen) atoms. The molecular formula is C18H15Cl2FN2O2. The Bertz CT molecular complexity index is 808. The van der Waals surface area contributed by atoms with Gasteiger partial charge in [0.15, 0.2) is 6.10 Å². The van der Waals surface area contributed by atoms with Crippen molar-refractivity contribution in [1.82, 2.24) is 0 Å². The summed E-state index contributed by atoms with van der Waals surface area (Å²) in [7, 11) is 0. The van der Waals surface area contributed by atoms with Crippen LogP contribution >= 0.6 is 23.2 Å². The van der Waals surface area contributed by atoms with Crippen LogP contribution in [0, 0.1) is 17.1 Å². The van der Waals surface area contributed by atoms with Gasteiger partial charge in [-0.25, -0.2) is 4.39 Å². The molecule has 2 aromatic rings. The molecule has 130 valence electrons. The fourth-order valence-electron chi connectivity index (χ4n) is 2.21. The minimum absolute atomic E-state index is 0.0539. The minimum atomic E-state index is -0.933. The second-order valence-electron chi connectivity index (χ2n) is 5.18. The van der Waals surface area contributed by atoms with Gasteiger partial charge in [0, 0.05) is 11.6 Å². The van der Waals surface area contributed by atoms with Crippen LogP contribution in [0.2, 0.25) is 10.0 Å². The van der Waals surface area contributed by atoms with Crippen LogP contribution in [0.3, 0.4) is 0 Å². The summed E-state index contributed by atoms with van der Waals surface area (Å²) >= 11 is 11.9. The monoisotopic (exact) mass is 380 g/mol. The number of carbonyl (C=O) groups excluding carboxylic acids is 1. The second-order valence-corrected chi connectivity index (χ2v) is 6.03. The van der Waals surface area contributed by atoms with Crippen LogP contribution in [-0.4, -0.2) is 18.6 Å². The molecule has 2 aromatic carbocycles. The number of amides is 1. The number of hydrogen-bond acceptors (Lipinski definition) is 3. The van der Waals surface area contributed by atoms with Crippen molar-refractivity contribution in [2.75, 3.05) is 11.4 Å². The number of ether oxygens (including phenoxy) is 1. The van der Waals surface area contributed by atoms with E-state index in [0.29, 0.717) is 10.8 Å². The molecule has 0 N–H and O–H groups in total. The molecule has 0 aliphatic carbocycles. The first-order chi connectivity index (χ1) is 11.9. The molecular weight excluding hydrogens is 366 g/mol. The predicted molar refractivity (Wildman–Crippen MR) is 95.5 cm³/mol. The Balaban J connectivity index is 2.23. The van der Waals surface area contributed by atoms with E-state index in [2.05, 4.69) is 0 Å². The lowest BCUT2D eigenvalue weighted by molar-refractivity contribution is -0.124. The molecule has 1 atom stereocenters. The Hall–Kier alpha value is -2.29. The Morgan fingerprint density at radius 2 is 2.04 bits per heavy atom. The van der Waals surface area contributed by atoms with E-state index in [-0.39, 0.29) is 23.7 Å². The van der Waals surface area contributed by atoms with Crippen LogP contribution in [0.4, 0.5) is 10.1 Å². The number of anilines is 1. The van der Waals surface area contributed by atoms with Gasteiger partial charge in [0.25, 0.3) is 5.91 Å². The molecule has 0 heterocycles. The summed E-state index contributed by atoms with van der Waals surface area (Å²) in [4.78, 5) is 13.9. The third-order valence-electron chi connectivity index (χ3n) is 3.40. The largest absolute Gasteiger partial charge is 0.479 e. The minimum Gasteiger partial charge on any atom is -0.479 e. The van der Waals surface area contributed by atoms with Crippen molar-refractivity contribution in [1.29, 1.82) is 5.26 Å². The van der Waals surface area contributed by atoms with Crippen LogP contribution in [0.15, 0.2) is 42.5 Å². The van der Waals surface area contributed by atoms with E-state index in [1.165, 1.54) is 36.1 Å². The van der Waals surface area contributed by atoms with Crippen molar-refractivity contribution in [3.8, 4) is 11.8 Å². The van der Waals surface area contributed by atoms with Crippen molar-refractivity contribution in [3.63, 3.8) is 0 Å². The molecule has 0 aliphatic heterocycles. The fraction of sp³-hybridized carbons (Fsp3) is 0.222. The maximum Gasteiger partial charge on any atom is 0.267 e. The summed E-state index contributed by atoms with van der Waals surface area (Å²) in [5, 5.41) is 9.51. The molecule has 7 heteroatoms. The number of rotatable bonds is 6. The van der Waals surface area contributed by atoms with E-state index in [0.717, 1.165) is 0 Å². The van der Waals surface area contributed by atoms with Gasteiger partial charge in [0.2, 0.25) is 0 Å². The quantitative estimate of drug-likeness (QED) is 0.719. The zero-order valence-electron chi connectivity index (χ0n) is 13.4. The van der Waals surface area contributed by atoms with Gasteiger partial charge in [-0.15, -0.1) is 0 Å². The highest BCUT2D eigenvalue weighted by Gasteiger charge is 2.25. The maximum absolute atomic E-state index is 14.1. The van der Waals surface area contributed by atoms with Crippen molar-refractivity contribution < 1.29 is 13.9 Å². The van der Waals surface area contributed by atoms with Crippen LogP contribution < -0.4 is 9.64 Å². The maximum atomic E-state index is 14.1. The highest BCUT2D eigenvalue weighted by atomic mass is 35.5. The Labute approximate surface area is 155 Å². The number of halogens is 3. The van der Waals surface area contributed by atoms with E-state index in [4.69, 9.17) is 33.2 Å². The zero-order chi connectivity index (χ0) is 18.4. The van der Waals surface area contributed by atoms with E-state index in [9.17, 15) is 9.18 Å². The highest BCUT2D eigenvalue weighted by molar-refractivity contribution is 6.35. The first-order valence-electron chi connectivity index (χ1n) is 7.48. The van der Waals surface area contributed by atoms with Crippen LogP contribution in [0.25, 0.3) is 0 Å². The molecule has 1 amide bonds. The van der Waals surface area contributed by atoms with Crippen LogP contribution in [0.5, 0.6) is 5.75 Å². The summed E-state index contributed by atoms with van der Waals surface area (Å²) in [5.41, 5.74) is 0.0976. The number of nitriles is 1. The van der Waals surface area contributed by atoms with Gasteiger partial charge in [0.05, 0.1) is 23.2 Å². The van der Waals surface area contributed by atoms with Gasteiger partial charge in [0.1, 0.15) is 11.6 Å². The topological polar surface area (TPSA) is 53.3 Å². The lowest BCUT2D eigenvalue weighted by Crippen LogP contribution is -2.41. The SMILES string of the molecule is CC(Oc1ccc(Cl)cc1Cl)C(=O)N(CCC#N)c1ccccc1F. The summed E-state index contributed by atoms with van der Waals surface area (Å²) in [6, 6.07) is 12.5. The Morgan fingerprint density at radius 1 is 1.32 bits per heavy atom. The van der Waals surface area contributed by atoms with Gasteiger partial charge < -0.3 is 9.64 Å². The third-order valence-corrected chi connectivity index (χ3v) is 3.93. The number of nitrogens with zero attached hydrogens (tertiary/aromatic N) is 2. The lowest BCUT2D eigenvalue weighted by Gasteiger charge is -2.26. The molecule has 0 fully saturated rings. The smallest absolute Gasteiger partial charge is 0.267 e. The van der Waals surface area contributed by atoms with Gasteiger partial charge in [-0.2, -0.15) is 5.26 Å². The fourth-order valence-corrected chi connectivity index (χ4v) is 2.67. The van der Waals surface area contributed by atoms with Gasteiger partial charge in [-0.3, -0.25) is 4.79 Å². The molecule has 0 radical (unpaired) electrons. The lowest BCUT2D eigenvalue weighted by atomic mass is 10.2. The third kappa shape index (κ3) is 4.85. The average Bonchev–Trinajstić information content (AvgIpc) is 2.58. The van der Waals surface area contributed by atoms with E-state index >= 15 is 0 Å². The molecule has 0 aliphatic rings. The number of hydrogen-bond donors (Lipinski definition) is 0. The standard InChI is InChI=1S/C18H15Cl2FN2O2/c1-12(25-17-8-7-13(19)11-14(17)20)18(24)23(10-4-9-22)16-6-3-2-5-15(16)21/h2-3,5-8,11-12H,4,10H2,1H3. The molecule has 2 rings (SSSR count). The van der Waals surface area contributed by atoms with Gasteiger partial charge in [-0.05, 0) is 37.3 Å². The molecule has 0 bridgehead atoms. The van der Waals surface area contributed by atoms with E-state index in [1.54, 1.807) is 18.2 Å². The Kier molecular flexibility index (Phi) is 6.63. The van der Waals surface area contributed by atoms with Crippen molar-refractivity contribution in [2.45, 2.75) is 19.4 Å². The molecule has 1 unspecified atom stereocenters. The zero-order valence-corrected chi connectivity index (χ0v) is 14.9. The summed E-state index contributed by atoms with van der Waals surface area (Å²) in [6.45, 7) is 1.59. The number of carbonyl (C=O) groups is 1. The predicted octanol–water partition coefficient (Wildman–Crippen LogP) is 4.85. The second kappa shape index (κ2) is 8.70. The first-order valence-corrected chi connectivity index (χ1v) is 8.24. The van der Waals surface area contributed by atoms with Crippen molar-refractivity contribution >= 4 is 34.8 Å². The summed E-state index contributed by atoms with van der Waals surface area (Å²) in [5.74, 6) is -0.738. The van der Waals surface area contributed by atoms with Gasteiger partial charge >= 0.3 is 0 Å². The summed E-state index contributed by atoms with van der Waals surface area (Å²) in [6.07, 6.45) is -0.869.